The van der Waals surface area contributed by atoms with Crippen molar-refractivity contribution in [2.45, 2.75) is 16.7 Å². The molecule has 0 saturated carbocycles. The van der Waals surface area contributed by atoms with Gasteiger partial charge in [-0.1, -0.05) is 0 Å². The number of thiophene rings is 1. The summed E-state index contributed by atoms with van der Waals surface area (Å²) in [4.78, 5) is 13.9. The Hall–Kier alpha value is -2.68. The lowest BCUT2D eigenvalue weighted by Gasteiger charge is -2.14. The van der Waals surface area contributed by atoms with E-state index in [1.54, 1.807) is 0 Å². The average molecular weight is 509 g/mol. The molecule has 1 unspecified atom stereocenters. The zero-order valence-electron chi connectivity index (χ0n) is 14.0. The molecule has 0 spiro atoms. The maximum Gasteiger partial charge on any atom is 0.322 e. The first-order valence-corrected chi connectivity index (χ1v) is 10.7. The molecule has 3 rings (SSSR count). The van der Waals surface area contributed by atoms with Crippen LogP contribution in [0.3, 0.4) is 0 Å². The second kappa shape index (κ2) is 7.29. The summed E-state index contributed by atoms with van der Waals surface area (Å²) in [7, 11) is -4.22. The Bertz CT molecular complexity index is 1230. The number of carboxylic acids is 1. The maximum absolute atomic E-state index is 12.4. The number of halogens is 1. The van der Waals surface area contributed by atoms with Crippen LogP contribution >= 0.6 is 27.3 Å². The molecule has 3 aromatic rings. The molecule has 1 aromatic carbocycles. The quantitative estimate of drug-likeness (QED) is 0.179. The molecule has 8 N–H and O–H groups in total. The van der Waals surface area contributed by atoms with Gasteiger partial charge in [0.2, 0.25) is 11.5 Å². The third-order valence-corrected chi connectivity index (χ3v) is 7.63. The molecule has 2 aromatic heterocycles. The van der Waals surface area contributed by atoms with Crippen molar-refractivity contribution in [1.29, 1.82) is 0 Å². The fourth-order valence-electron chi connectivity index (χ4n) is 2.70. The standard InChI is InChI=1S/C15H13BrN2O9S2/c16-6-1-2-7(28-6)29(26,27)18-5(15(24)25)3-4-8-9(17-14(4)23)11(20)13(22)12(21)10(8)19/h1-2,5,17-23H,3H2,(H,24,25). The number of aliphatic carboxylic acids is 1. The van der Waals surface area contributed by atoms with Crippen LogP contribution < -0.4 is 4.72 Å². The van der Waals surface area contributed by atoms with Gasteiger partial charge in [0.25, 0.3) is 10.0 Å². The highest BCUT2D eigenvalue weighted by Crippen LogP contribution is 2.51. The van der Waals surface area contributed by atoms with Gasteiger partial charge in [0.15, 0.2) is 17.4 Å². The predicted octanol–water partition coefficient (Wildman–Crippen LogP) is 1.49. The summed E-state index contributed by atoms with van der Waals surface area (Å²) in [6.07, 6.45) is -0.663. The SMILES string of the molecule is O=C(O)C(Cc1c(O)[nH]c2c(O)c(O)c(O)c(O)c12)NS(=O)(=O)c1ccc(Br)s1. The highest BCUT2D eigenvalue weighted by atomic mass is 79.9. The van der Waals surface area contributed by atoms with Crippen LogP contribution in [0.2, 0.25) is 0 Å². The summed E-state index contributed by atoms with van der Waals surface area (Å²) in [6.45, 7) is 0. The zero-order valence-corrected chi connectivity index (χ0v) is 17.3. The largest absolute Gasteiger partial charge is 0.504 e. The number of H-pyrrole nitrogens is 1. The molecule has 14 heteroatoms. The first-order chi connectivity index (χ1) is 13.4. The van der Waals surface area contributed by atoms with Crippen molar-refractivity contribution in [3.05, 3.63) is 21.5 Å². The van der Waals surface area contributed by atoms with E-state index in [9.17, 15) is 43.9 Å². The van der Waals surface area contributed by atoms with Gasteiger partial charge in [0.05, 0.1) is 14.7 Å². The third kappa shape index (κ3) is 3.66. The van der Waals surface area contributed by atoms with Gasteiger partial charge in [-0.25, -0.2) is 8.42 Å². The Morgan fingerprint density at radius 2 is 1.72 bits per heavy atom. The van der Waals surface area contributed by atoms with Crippen molar-refractivity contribution in [3.63, 3.8) is 0 Å². The fourth-order valence-corrected chi connectivity index (χ4v) is 5.91. The third-order valence-electron chi connectivity index (χ3n) is 4.04. The van der Waals surface area contributed by atoms with E-state index in [4.69, 9.17) is 0 Å². The molecule has 0 aliphatic carbocycles. The first-order valence-electron chi connectivity index (χ1n) is 7.63. The van der Waals surface area contributed by atoms with Gasteiger partial charge in [-0.2, -0.15) is 4.72 Å². The minimum atomic E-state index is -4.22. The maximum atomic E-state index is 12.4. The molecule has 11 nitrogen and oxygen atoms in total. The van der Waals surface area contributed by atoms with Crippen LogP contribution in [0.15, 0.2) is 20.1 Å². The number of phenols is 4. The van der Waals surface area contributed by atoms with E-state index in [0.29, 0.717) is 3.79 Å². The van der Waals surface area contributed by atoms with E-state index in [2.05, 4.69) is 20.9 Å². The molecule has 0 saturated heterocycles. The number of nitrogens with one attached hydrogen (secondary N) is 2. The van der Waals surface area contributed by atoms with Crippen molar-refractivity contribution in [3.8, 4) is 28.9 Å². The number of aromatic amines is 1. The number of carboxylic acid groups (broad SMARTS) is 1. The monoisotopic (exact) mass is 508 g/mol. The normalized spacial score (nSPS) is 13.0. The van der Waals surface area contributed by atoms with E-state index in [0.717, 1.165) is 11.3 Å². The second-order valence-electron chi connectivity index (χ2n) is 5.87. The number of hydrogen-bond donors (Lipinski definition) is 8. The van der Waals surface area contributed by atoms with Crippen LogP contribution in [0.1, 0.15) is 5.56 Å². The van der Waals surface area contributed by atoms with Gasteiger partial charge in [-0.3, -0.25) is 4.79 Å². The summed E-state index contributed by atoms with van der Waals surface area (Å²) in [5, 5.41) is 58.4. The molecule has 0 amide bonds. The number of hydrogen-bond acceptors (Lipinski definition) is 9. The highest BCUT2D eigenvalue weighted by Gasteiger charge is 2.31. The number of fused-ring (bicyclic) bond motifs is 1. The van der Waals surface area contributed by atoms with Crippen LogP contribution in [-0.4, -0.2) is 56.1 Å². The lowest BCUT2D eigenvalue weighted by molar-refractivity contribution is -0.138. The van der Waals surface area contributed by atoms with Crippen molar-refractivity contribution < 1.29 is 43.9 Å². The molecule has 0 radical (unpaired) electrons. The Morgan fingerprint density at radius 1 is 1.10 bits per heavy atom. The molecular weight excluding hydrogens is 496 g/mol. The summed E-state index contributed by atoms with van der Waals surface area (Å²) in [5.74, 6) is -6.25. The first kappa shape index (κ1) is 21.0. The number of aromatic nitrogens is 1. The fraction of sp³-hybridized carbons (Fsp3) is 0.133. The van der Waals surface area contributed by atoms with Crippen LogP contribution in [0.4, 0.5) is 0 Å². The van der Waals surface area contributed by atoms with Gasteiger partial charge < -0.3 is 35.6 Å². The Balaban J connectivity index is 2.05. The molecule has 0 bridgehead atoms. The molecule has 1 atom stereocenters. The van der Waals surface area contributed by atoms with E-state index < -0.39 is 57.3 Å². The Labute approximate surface area is 174 Å². The summed E-state index contributed by atoms with van der Waals surface area (Å²) < 4.78 is 27.2. The lowest BCUT2D eigenvalue weighted by atomic mass is 10.0. The van der Waals surface area contributed by atoms with Crippen LogP contribution in [0.25, 0.3) is 10.9 Å². The van der Waals surface area contributed by atoms with Crippen LogP contribution in [-0.2, 0) is 21.2 Å². The Kier molecular flexibility index (Phi) is 5.29. The number of carbonyl (C=O) groups is 1. The average Bonchev–Trinajstić information content (AvgIpc) is 3.22. The topological polar surface area (TPSA) is 200 Å². The second-order valence-corrected chi connectivity index (χ2v) is 10.3. The van der Waals surface area contributed by atoms with Crippen molar-refractivity contribution in [2.75, 3.05) is 0 Å². The van der Waals surface area contributed by atoms with Gasteiger partial charge in [0.1, 0.15) is 10.3 Å². The van der Waals surface area contributed by atoms with Crippen molar-refractivity contribution in [1.82, 2.24) is 9.71 Å². The Morgan fingerprint density at radius 3 is 2.28 bits per heavy atom. The van der Waals surface area contributed by atoms with Crippen molar-refractivity contribution >= 4 is 54.2 Å². The van der Waals surface area contributed by atoms with Gasteiger partial charge in [-0.05, 0) is 28.1 Å². The van der Waals surface area contributed by atoms with Gasteiger partial charge in [0, 0.05) is 12.0 Å². The highest BCUT2D eigenvalue weighted by molar-refractivity contribution is 9.11. The van der Waals surface area contributed by atoms with Gasteiger partial charge >= 0.3 is 5.97 Å². The minimum Gasteiger partial charge on any atom is -0.504 e. The molecule has 156 valence electrons. The predicted molar refractivity (Wildman–Crippen MR) is 104 cm³/mol. The summed E-state index contributed by atoms with van der Waals surface area (Å²) in [6, 6.07) is 0.962. The number of rotatable bonds is 6. The van der Waals surface area contributed by atoms with Crippen molar-refractivity contribution in [2.24, 2.45) is 0 Å². The van der Waals surface area contributed by atoms with Gasteiger partial charge in [-0.15, -0.1) is 11.3 Å². The molecule has 0 fully saturated rings. The summed E-state index contributed by atoms with van der Waals surface area (Å²) in [5.41, 5.74) is -0.676. The molecular formula is C15H13BrN2O9S2. The summed E-state index contributed by atoms with van der Waals surface area (Å²) >= 11 is 3.96. The lowest BCUT2D eigenvalue weighted by Crippen LogP contribution is -2.42. The molecule has 2 heterocycles. The number of phenolic OH excluding ortho intramolecular Hbond substituents is 4. The molecule has 0 aliphatic heterocycles. The minimum absolute atomic E-state index is 0.151. The number of aromatic hydroxyl groups is 5. The number of benzene rings is 1. The van der Waals surface area contributed by atoms with E-state index in [1.165, 1.54) is 12.1 Å². The van der Waals surface area contributed by atoms with Crippen LogP contribution in [0.5, 0.6) is 28.9 Å². The van der Waals surface area contributed by atoms with E-state index >= 15 is 0 Å². The molecule has 29 heavy (non-hydrogen) atoms. The van der Waals surface area contributed by atoms with Crippen LogP contribution in [0, 0.1) is 0 Å². The smallest absolute Gasteiger partial charge is 0.322 e. The zero-order chi connectivity index (χ0) is 21.7. The van der Waals surface area contributed by atoms with E-state index in [-0.39, 0.29) is 20.7 Å². The molecule has 0 aliphatic rings. The number of sulfonamides is 1. The van der Waals surface area contributed by atoms with E-state index in [1.807, 2.05) is 4.72 Å².